The maximum Gasteiger partial charge on any atom is 0.230 e. The maximum atomic E-state index is 12.8. The lowest BCUT2D eigenvalue weighted by Gasteiger charge is -2.36. The highest BCUT2D eigenvalue weighted by atomic mass is 16.5. The summed E-state index contributed by atoms with van der Waals surface area (Å²) in [5.41, 5.74) is 0.646. The van der Waals surface area contributed by atoms with Crippen molar-refractivity contribution in [2.24, 2.45) is 0 Å². The minimum atomic E-state index is -0.446. The standard InChI is InChI=1S/C18H27NO3/c1-15(2)22-12-6-11-19-17(20)18(9-13-21-14-10-18)16-7-4-3-5-8-16/h3-5,7-8,15H,6,9-14H2,1-2H3,(H,19,20). The molecule has 0 radical (unpaired) electrons. The van der Waals surface area contributed by atoms with Crippen LogP contribution in [-0.4, -0.2) is 38.4 Å². The molecule has 1 aromatic rings. The summed E-state index contributed by atoms with van der Waals surface area (Å²) in [6.07, 6.45) is 2.56. The molecule has 4 nitrogen and oxygen atoms in total. The average molecular weight is 305 g/mol. The molecule has 122 valence electrons. The molecule has 0 saturated carbocycles. The number of carbonyl (C=O) groups excluding carboxylic acids is 1. The van der Waals surface area contributed by atoms with E-state index in [9.17, 15) is 4.79 Å². The van der Waals surface area contributed by atoms with Crippen molar-refractivity contribution < 1.29 is 14.3 Å². The van der Waals surface area contributed by atoms with Crippen LogP contribution in [0.25, 0.3) is 0 Å². The minimum absolute atomic E-state index is 0.117. The van der Waals surface area contributed by atoms with Crippen molar-refractivity contribution in [3.05, 3.63) is 35.9 Å². The molecule has 22 heavy (non-hydrogen) atoms. The molecule has 0 aliphatic carbocycles. The Morgan fingerprint density at radius 1 is 1.27 bits per heavy atom. The molecule has 4 heteroatoms. The van der Waals surface area contributed by atoms with Crippen LogP contribution < -0.4 is 5.32 Å². The fraction of sp³-hybridized carbons (Fsp3) is 0.611. The molecular weight excluding hydrogens is 278 g/mol. The molecular formula is C18H27NO3. The Bertz CT molecular complexity index is 453. The Morgan fingerprint density at radius 3 is 2.59 bits per heavy atom. The van der Waals surface area contributed by atoms with E-state index in [4.69, 9.17) is 9.47 Å². The molecule has 1 saturated heterocycles. The summed E-state index contributed by atoms with van der Waals surface area (Å²) < 4.78 is 11.0. The average Bonchev–Trinajstić information content (AvgIpc) is 2.55. The zero-order valence-electron chi connectivity index (χ0n) is 13.6. The van der Waals surface area contributed by atoms with E-state index < -0.39 is 5.41 Å². The lowest BCUT2D eigenvalue weighted by molar-refractivity contribution is -0.130. The van der Waals surface area contributed by atoms with Crippen molar-refractivity contribution in [1.82, 2.24) is 5.32 Å². The lowest BCUT2D eigenvalue weighted by Crippen LogP contribution is -2.48. The van der Waals surface area contributed by atoms with Gasteiger partial charge in [-0.2, -0.15) is 0 Å². The summed E-state index contributed by atoms with van der Waals surface area (Å²) in [6, 6.07) is 10.1. The van der Waals surface area contributed by atoms with E-state index in [2.05, 4.69) is 5.32 Å². The van der Waals surface area contributed by atoms with Gasteiger partial charge in [0, 0.05) is 26.4 Å². The second-order valence-corrected chi connectivity index (χ2v) is 6.09. The molecule has 1 fully saturated rings. The first kappa shape index (κ1) is 17.0. The van der Waals surface area contributed by atoms with E-state index in [1.807, 2.05) is 44.2 Å². The highest BCUT2D eigenvalue weighted by Crippen LogP contribution is 2.35. The second kappa shape index (κ2) is 8.30. The van der Waals surface area contributed by atoms with Gasteiger partial charge in [-0.15, -0.1) is 0 Å². The molecule has 1 aromatic carbocycles. The molecule has 0 unspecified atom stereocenters. The van der Waals surface area contributed by atoms with Gasteiger partial charge in [-0.05, 0) is 38.7 Å². The van der Waals surface area contributed by atoms with E-state index in [0.717, 1.165) is 24.8 Å². The van der Waals surface area contributed by atoms with Crippen molar-refractivity contribution in [2.45, 2.75) is 44.6 Å². The highest BCUT2D eigenvalue weighted by molar-refractivity contribution is 5.88. The van der Waals surface area contributed by atoms with Crippen molar-refractivity contribution in [3.63, 3.8) is 0 Å². The van der Waals surface area contributed by atoms with E-state index >= 15 is 0 Å². The first-order chi connectivity index (χ1) is 10.6. The van der Waals surface area contributed by atoms with Crippen LogP contribution in [0.15, 0.2) is 30.3 Å². The molecule has 1 aliphatic rings. The number of amides is 1. The fourth-order valence-electron chi connectivity index (χ4n) is 2.89. The maximum absolute atomic E-state index is 12.8. The number of hydrogen-bond donors (Lipinski definition) is 1. The third-order valence-corrected chi connectivity index (χ3v) is 4.17. The predicted molar refractivity (Wildman–Crippen MR) is 86.9 cm³/mol. The quantitative estimate of drug-likeness (QED) is 0.788. The third kappa shape index (κ3) is 4.31. The molecule has 2 rings (SSSR count). The smallest absolute Gasteiger partial charge is 0.230 e. The Kier molecular flexibility index (Phi) is 6.40. The monoisotopic (exact) mass is 305 g/mol. The molecule has 0 aromatic heterocycles. The van der Waals surface area contributed by atoms with Crippen molar-refractivity contribution in [2.75, 3.05) is 26.4 Å². The van der Waals surface area contributed by atoms with E-state index in [0.29, 0.717) is 26.4 Å². The van der Waals surface area contributed by atoms with Crippen LogP contribution in [0.5, 0.6) is 0 Å². The van der Waals surface area contributed by atoms with Crippen LogP contribution in [0.4, 0.5) is 0 Å². The Balaban J connectivity index is 1.96. The zero-order chi connectivity index (χ0) is 15.8. The zero-order valence-corrected chi connectivity index (χ0v) is 13.6. The van der Waals surface area contributed by atoms with Gasteiger partial charge in [-0.25, -0.2) is 0 Å². The van der Waals surface area contributed by atoms with Gasteiger partial charge in [0.05, 0.1) is 11.5 Å². The summed E-state index contributed by atoms with van der Waals surface area (Å²) in [6.45, 7) is 6.65. The van der Waals surface area contributed by atoms with Gasteiger partial charge < -0.3 is 14.8 Å². The number of rotatable bonds is 7. The normalized spacial score (nSPS) is 17.4. The van der Waals surface area contributed by atoms with E-state index in [1.165, 1.54) is 0 Å². The van der Waals surface area contributed by atoms with Crippen LogP contribution in [0.2, 0.25) is 0 Å². The van der Waals surface area contributed by atoms with Gasteiger partial charge >= 0.3 is 0 Å². The summed E-state index contributed by atoms with van der Waals surface area (Å²) >= 11 is 0. The van der Waals surface area contributed by atoms with Gasteiger partial charge in [0.15, 0.2) is 0 Å². The molecule has 1 amide bonds. The Morgan fingerprint density at radius 2 is 1.95 bits per heavy atom. The largest absolute Gasteiger partial charge is 0.381 e. The van der Waals surface area contributed by atoms with Crippen molar-refractivity contribution >= 4 is 5.91 Å². The van der Waals surface area contributed by atoms with Crippen LogP contribution >= 0.6 is 0 Å². The van der Waals surface area contributed by atoms with E-state index in [-0.39, 0.29) is 12.0 Å². The number of hydrogen-bond acceptors (Lipinski definition) is 3. The first-order valence-corrected chi connectivity index (χ1v) is 8.18. The molecule has 1 heterocycles. The first-order valence-electron chi connectivity index (χ1n) is 8.18. The van der Waals surface area contributed by atoms with Gasteiger partial charge in [-0.1, -0.05) is 30.3 Å². The summed E-state index contributed by atoms with van der Waals surface area (Å²) in [4.78, 5) is 12.8. The number of nitrogens with one attached hydrogen (secondary N) is 1. The van der Waals surface area contributed by atoms with Crippen molar-refractivity contribution in [3.8, 4) is 0 Å². The molecule has 1 aliphatic heterocycles. The van der Waals surface area contributed by atoms with Crippen LogP contribution in [0, 0.1) is 0 Å². The molecule has 0 atom stereocenters. The Hall–Kier alpha value is -1.39. The number of ether oxygens (including phenoxy) is 2. The highest BCUT2D eigenvalue weighted by Gasteiger charge is 2.41. The minimum Gasteiger partial charge on any atom is -0.381 e. The second-order valence-electron chi connectivity index (χ2n) is 6.09. The summed E-state index contributed by atoms with van der Waals surface area (Å²) in [5.74, 6) is 0.117. The fourth-order valence-corrected chi connectivity index (χ4v) is 2.89. The van der Waals surface area contributed by atoms with Crippen LogP contribution in [0.3, 0.4) is 0 Å². The molecule has 1 N–H and O–H groups in total. The SMILES string of the molecule is CC(C)OCCCNC(=O)C1(c2ccccc2)CCOCC1. The van der Waals surface area contributed by atoms with Crippen molar-refractivity contribution in [1.29, 1.82) is 0 Å². The summed E-state index contributed by atoms with van der Waals surface area (Å²) in [5, 5.41) is 3.09. The van der Waals surface area contributed by atoms with Crippen LogP contribution in [-0.2, 0) is 19.7 Å². The summed E-state index contributed by atoms with van der Waals surface area (Å²) in [7, 11) is 0. The molecule has 0 bridgehead atoms. The number of carbonyl (C=O) groups is 1. The lowest BCUT2D eigenvalue weighted by atomic mass is 9.73. The van der Waals surface area contributed by atoms with Gasteiger partial charge in [0.2, 0.25) is 5.91 Å². The van der Waals surface area contributed by atoms with Crippen LogP contribution in [0.1, 0.15) is 38.7 Å². The molecule has 0 spiro atoms. The number of benzene rings is 1. The predicted octanol–water partition coefficient (Wildman–Crippen LogP) is 2.67. The topological polar surface area (TPSA) is 47.6 Å². The van der Waals surface area contributed by atoms with Gasteiger partial charge in [0.1, 0.15) is 0 Å². The van der Waals surface area contributed by atoms with E-state index in [1.54, 1.807) is 0 Å². The Labute approximate surface area is 133 Å². The van der Waals surface area contributed by atoms with Gasteiger partial charge in [-0.3, -0.25) is 4.79 Å². The third-order valence-electron chi connectivity index (χ3n) is 4.17. The van der Waals surface area contributed by atoms with Gasteiger partial charge in [0.25, 0.3) is 0 Å².